The average Bonchev–Trinajstić information content (AvgIpc) is 2.37. The number of rotatable bonds is 3. The Kier molecular flexibility index (Phi) is 3.72. The number of nitrogens with one attached hydrogen (secondary N) is 1. The number of hydrogen-bond donors (Lipinski definition) is 1. The van der Waals surface area contributed by atoms with E-state index in [1.54, 1.807) is 25.1 Å². The van der Waals surface area contributed by atoms with E-state index in [0.29, 0.717) is 11.3 Å². The van der Waals surface area contributed by atoms with E-state index < -0.39 is 0 Å². The standard InChI is InChI=1S/C15H15FN2/c1-11-6-5-7-13(10-11)18-17-12(2)14-8-3-4-9-15(14)16/h3-10,18H,1-2H3/b17-12-. The highest BCUT2D eigenvalue weighted by molar-refractivity contribution is 5.99. The lowest BCUT2D eigenvalue weighted by Crippen LogP contribution is -2.02. The summed E-state index contributed by atoms with van der Waals surface area (Å²) in [5, 5.41) is 4.19. The number of aryl methyl sites for hydroxylation is 1. The highest BCUT2D eigenvalue weighted by atomic mass is 19.1. The molecule has 0 aromatic heterocycles. The van der Waals surface area contributed by atoms with Crippen molar-refractivity contribution in [1.82, 2.24) is 0 Å². The third kappa shape index (κ3) is 2.94. The first-order chi connectivity index (χ1) is 8.66. The maximum Gasteiger partial charge on any atom is 0.132 e. The summed E-state index contributed by atoms with van der Waals surface area (Å²) < 4.78 is 13.5. The van der Waals surface area contributed by atoms with E-state index in [1.165, 1.54) is 6.07 Å². The second-order valence-corrected chi connectivity index (χ2v) is 4.16. The molecule has 0 spiro atoms. The van der Waals surface area contributed by atoms with Crippen LogP contribution in [0.25, 0.3) is 0 Å². The second-order valence-electron chi connectivity index (χ2n) is 4.16. The first kappa shape index (κ1) is 12.3. The van der Waals surface area contributed by atoms with Crippen molar-refractivity contribution in [2.24, 2.45) is 5.10 Å². The Morgan fingerprint density at radius 1 is 1.11 bits per heavy atom. The van der Waals surface area contributed by atoms with Crippen LogP contribution in [-0.2, 0) is 0 Å². The average molecular weight is 242 g/mol. The molecule has 2 aromatic carbocycles. The highest BCUT2D eigenvalue weighted by Gasteiger charge is 2.03. The van der Waals surface area contributed by atoms with E-state index >= 15 is 0 Å². The fourth-order valence-electron chi connectivity index (χ4n) is 1.68. The van der Waals surface area contributed by atoms with Crippen LogP contribution in [0, 0.1) is 12.7 Å². The van der Waals surface area contributed by atoms with Gasteiger partial charge in [0.25, 0.3) is 0 Å². The maximum absolute atomic E-state index is 13.5. The monoisotopic (exact) mass is 242 g/mol. The summed E-state index contributed by atoms with van der Waals surface area (Å²) in [5.74, 6) is -0.259. The summed E-state index contributed by atoms with van der Waals surface area (Å²) in [6.07, 6.45) is 0. The van der Waals surface area contributed by atoms with Crippen molar-refractivity contribution in [2.75, 3.05) is 5.43 Å². The van der Waals surface area contributed by atoms with Gasteiger partial charge in [0.05, 0.1) is 11.4 Å². The molecule has 0 radical (unpaired) electrons. The molecule has 0 saturated heterocycles. The number of nitrogens with zero attached hydrogens (tertiary/aromatic N) is 1. The zero-order chi connectivity index (χ0) is 13.0. The largest absolute Gasteiger partial charge is 0.278 e. The molecular weight excluding hydrogens is 227 g/mol. The predicted octanol–water partition coefficient (Wildman–Crippen LogP) is 3.97. The molecule has 0 fully saturated rings. The summed E-state index contributed by atoms with van der Waals surface area (Å²) in [6.45, 7) is 3.79. The normalized spacial score (nSPS) is 11.4. The minimum atomic E-state index is -0.259. The number of benzene rings is 2. The summed E-state index contributed by atoms with van der Waals surface area (Å²) in [6, 6.07) is 14.5. The molecule has 2 aromatic rings. The van der Waals surface area contributed by atoms with Gasteiger partial charge in [-0.05, 0) is 37.6 Å². The van der Waals surface area contributed by atoms with E-state index in [-0.39, 0.29) is 5.82 Å². The zero-order valence-corrected chi connectivity index (χ0v) is 10.4. The van der Waals surface area contributed by atoms with E-state index in [0.717, 1.165) is 11.3 Å². The maximum atomic E-state index is 13.5. The van der Waals surface area contributed by atoms with Crippen LogP contribution in [0.4, 0.5) is 10.1 Å². The highest BCUT2D eigenvalue weighted by Crippen LogP contribution is 2.11. The van der Waals surface area contributed by atoms with Gasteiger partial charge in [-0.25, -0.2) is 4.39 Å². The molecule has 0 saturated carbocycles. The van der Waals surface area contributed by atoms with Crippen LogP contribution in [0.3, 0.4) is 0 Å². The van der Waals surface area contributed by atoms with Crippen molar-refractivity contribution in [1.29, 1.82) is 0 Å². The zero-order valence-electron chi connectivity index (χ0n) is 10.4. The molecule has 92 valence electrons. The number of anilines is 1. The first-order valence-electron chi connectivity index (χ1n) is 5.78. The van der Waals surface area contributed by atoms with E-state index in [1.807, 2.05) is 31.2 Å². The van der Waals surface area contributed by atoms with Crippen molar-refractivity contribution >= 4 is 11.4 Å². The van der Waals surface area contributed by atoms with Gasteiger partial charge in [0.15, 0.2) is 0 Å². The quantitative estimate of drug-likeness (QED) is 0.639. The Bertz CT molecular complexity index is 576. The number of halogens is 1. The minimum absolute atomic E-state index is 0.259. The van der Waals surface area contributed by atoms with Crippen molar-refractivity contribution in [3.05, 3.63) is 65.5 Å². The van der Waals surface area contributed by atoms with Gasteiger partial charge in [-0.1, -0.05) is 30.3 Å². The Balaban J connectivity index is 2.17. The first-order valence-corrected chi connectivity index (χ1v) is 5.78. The number of hydrogen-bond acceptors (Lipinski definition) is 2. The lowest BCUT2D eigenvalue weighted by molar-refractivity contribution is 0.625. The van der Waals surface area contributed by atoms with Crippen LogP contribution < -0.4 is 5.43 Å². The Hall–Kier alpha value is -2.16. The molecule has 0 aliphatic carbocycles. The molecule has 0 aliphatic rings. The van der Waals surface area contributed by atoms with Crippen LogP contribution in [0.2, 0.25) is 0 Å². The Labute approximate surface area is 106 Å². The van der Waals surface area contributed by atoms with E-state index in [4.69, 9.17) is 0 Å². The van der Waals surface area contributed by atoms with E-state index in [2.05, 4.69) is 10.5 Å². The molecule has 2 nitrogen and oxygen atoms in total. The van der Waals surface area contributed by atoms with Gasteiger partial charge in [0.2, 0.25) is 0 Å². The summed E-state index contributed by atoms with van der Waals surface area (Å²) in [7, 11) is 0. The van der Waals surface area contributed by atoms with Crippen molar-refractivity contribution in [3.8, 4) is 0 Å². The Morgan fingerprint density at radius 3 is 2.61 bits per heavy atom. The fraction of sp³-hybridized carbons (Fsp3) is 0.133. The summed E-state index contributed by atoms with van der Waals surface area (Å²) in [4.78, 5) is 0. The van der Waals surface area contributed by atoms with Gasteiger partial charge in [-0.3, -0.25) is 5.43 Å². The van der Waals surface area contributed by atoms with E-state index in [9.17, 15) is 4.39 Å². The molecule has 3 heteroatoms. The van der Waals surface area contributed by atoms with Gasteiger partial charge in [0.1, 0.15) is 5.82 Å². The molecule has 0 unspecified atom stereocenters. The molecule has 2 rings (SSSR count). The molecule has 1 N–H and O–H groups in total. The van der Waals surface area contributed by atoms with Crippen LogP contribution in [0.15, 0.2) is 53.6 Å². The van der Waals surface area contributed by atoms with Crippen LogP contribution >= 0.6 is 0 Å². The van der Waals surface area contributed by atoms with Crippen molar-refractivity contribution in [2.45, 2.75) is 13.8 Å². The lowest BCUT2D eigenvalue weighted by Gasteiger charge is -2.05. The Morgan fingerprint density at radius 2 is 1.89 bits per heavy atom. The molecule has 0 heterocycles. The van der Waals surface area contributed by atoms with Crippen LogP contribution in [0.5, 0.6) is 0 Å². The van der Waals surface area contributed by atoms with Crippen LogP contribution in [0.1, 0.15) is 18.1 Å². The topological polar surface area (TPSA) is 24.4 Å². The van der Waals surface area contributed by atoms with Gasteiger partial charge in [-0.15, -0.1) is 0 Å². The molecule has 18 heavy (non-hydrogen) atoms. The second kappa shape index (κ2) is 5.45. The smallest absolute Gasteiger partial charge is 0.132 e. The van der Waals surface area contributed by atoms with Gasteiger partial charge >= 0.3 is 0 Å². The number of hydrazone groups is 1. The fourth-order valence-corrected chi connectivity index (χ4v) is 1.68. The van der Waals surface area contributed by atoms with Crippen LogP contribution in [-0.4, -0.2) is 5.71 Å². The summed E-state index contributed by atoms with van der Waals surface area (Å²) >= 11 is 0. The lowest BCUT2D eigenvalue weighted by atomic mass is 10.1. The summed E-state index contributed by atoms with van der Waals surface area (Å²) in [5.41, 5.74) is 6.11. The van der Waals surface area contributed by atoms with Gasteiger partial charge in [0, 0.05) is 5.56 Å². The molecule has 0 bridgehead atoms. The molecule has 0 aliphatic heterocycles. The SMILES string of the molecule is C/C(=N/Nc1cccc(C)c1)c1ccccc1F. The third-order valence-corrected chi connectivity index (χ3v) is 2.63. The van der Waals surface area contributed by atoms with Gasteiger partial charge < -0.3 is 0 Å². The van der Waals surface area contributed by atoms with Gasteiger partial charge in [-0.2, -0.15) is 5.10 Å². The minimum Gasteiger partial charge on any atom is -0.278 e. The predicted molar refractivity (Wildman–Crippen MR) is 73.4 cm³/mol. The molecule has 0 atom stereocenters. The molecule has 0 amide bonds. The van der Waals surface area contributed by atoms with Crippen molar-refractivity contribution in [3.63, 3.8) is 0 Å². The third-order valence-electron chi connectivity index (χ3n) is 2.63. The van der Waals surface area contributed by atoms with Crippen molar-refractivity contribution < 1.29 is 4.39 Å². The molecular formula is C15H15FN2.